The highest BCUT2D eigenvalue weighted by molar-refractivity contribution is 7.91. The maximum atomic E-state index is 12.3. The van der Waals surface area contributed by atoms with Crippen LogP contribution in [-0.2, 0) is 34.2 Å². The molecule has 1 aromatic carbocycles. The molecule has 1 aromatic heterocycles. The zero-order valence-corrected chi connectivity index (χ0v) is 15.1. The minimum absolute atomic E-state index is 0.194. The van der Waals surface area contributed by atoms with Gasteiger partial charge in [-0.25, -0.2) is 13.1 Å². The van der Waals surface area contributed by atoms with Gasteiger partial charge in [0, 0.05) is 18.0 Å². The molecule has 0 fully saturated rings. The summed E-state index contributed by atoms with van der Waals surface area (Å²) in [5, 5.41) is 0. The quantitative estimate of drug-likeness (QED) is 0.884. The van der Waals surface area contributed by atoms with E-state index in [-0.39, 0.29) is 16.7 Å². The minimum Gasteiger partial charge on any atom is -0.337 e. The number of nitrogens with one attached hydrogen (secondary N) is 1. The zero-order chi connectivity index (χ0) is 17.2. The summed E-state index contributed by atoms with van der Waals surface area (Å²) < 4.78 is 27.2. The molecule has 5 nitrogen and oxygen atoms in total. The van der Waals surface area contributed by atoms with E-state index in [2.05, 4.69) is 10.8 Å². The van der Waals surface area contributed by atoms with Crippen LogP contribution < -0.4 is 4.72 Å². The smallest absolute Gasteiger partial charge is 0.250 e. The topological polar surface area (TPSA) is 66.5 Å². The molecule has 0 aliphatic carbocycles. The molecular formula is C17H20N2O3S2. The van der Waals surface area contributed by atoms with Crippen molar-refractivity contribution in [3.05, 3.63) is 52.4 Å². The van der Waals surface area contributed by atoms with Crippen LogP contribution in [0.5, 0.6) is 0 Å². The molecule has 0 atom stereocenters. The average Bonchev–Trinajstić information content (AvgIpc) is 3.09. The van der Waals surface area contributed by atoms with Gasteiger partial charge >= 0.3 is 0 Å². The average molecular weight is 364 g/mol. The summed E-state index contributed by atoms with van der Waals surface area (Å²) in [4.78, 5) is 15.1. The summed E-state index contributed by atoms with van der Waals surface area (Å²) in [6.07, 6.45) is 1.60. The molecule has 1 aliphatic rings. The summed E-state index contributed by atoms with van der Waals surface area (Å²) in [6, 6.07) is 11.4. The lowest BCUT2D eigenvalue weighted by Gasteiger charge is -2.28. The van der Waals surface area contributed by atoms with Gasteiger partial charge < -0.3 is 4.90 Å². The highest BCUT2D eigenvalue weighted by atomic mass is 32.2. The number of aryl methyl sites for hydroxylation is 1. The number of amides is 1. The molecule has 0 saturated carbocycles. The molecule has 0 spiro atoms. The number of thiophene rings is 1. The third kappa shape index (κ3) is 3.68. The number of fused-ring (bicyclic) bond motifs is 1. The third-order valence-electron chi connectivity index (χ3n) is 4.15. The fourth-order valence-electron chi connectivity index (χ4n) is 2.74. The van der Waals surface area contributed by atoms with Crippen molar-refractivity contribution in [2.24, 2.45) is 0 Å². The summed E-state index contributed by atoms with van der Waals surface area (Å²) in [5.41, 5.74) is 2.39. The first-order chi connectivity index (χ1) is 11.5. The molecule has 0 saturated heterocycles. The van der Waals surface area contributed by atoms with Crippen LogP contribution in [0.1, 0.15) is 22.9 Å². The first-order valence-corrected chi connectivity index (χ1v) is 10.2. The molecule has 1 N–H and O–H groups in total. The van der Waals surface area contributed by atoms with E-state index < -0.39 is 10.0 Å². The van der Waals surface area contributed by atoms with Crippen molar-refractivity contribution in [2.75, 3.05) is 13.1 Å². The monoisotopic (exact) mass is 364 g/mol. The predicted octanol–water partition coefficient (Wildman–Crippen LogP) is 2.17. The zero-order valence-electron chi connectivity index (χ0n) is 13.5. The van der Waals surface area contributed by atoms with Crippen molar-refractivity contribution in [2.45, 2.75) is 30.5 Å². The molecule has 3 rings (SSSR count). The van der Waals surface area contributed by atoms with Crippen molar-refractivity contribution >= 4 is 27.3 Å². The van der Waals surface area contributed by atoms with Gasteiger partial charge in [0.25, 0.3) is 10.0 Å². The molecule has 1 aliphatic heterocycles. The first-order valence-electron chi connectivity index (χ1n) is 7.92. The van der Waals surface area contributed by atoms with Crippen molar-refractivity contribution in [1.82, 2.24) is 9.62 Å². The Morgan fingerprint density at radius 3 is 2.67 bits per heavy atom. The highest BCUT2D eigenvalue weighted by Crippen LogP contribution is 2.22. The van der Waals surface area contributed by atoms with Crippen molar-refractivity contribution < 1.29 is 13.2 Å². The number of carbonyl (C=O) groups excluding carboxylic acids is 1. The van der Waals surface area contributed by atoms with Crippen LogP contribution in [-0.4, -0.2) is 32.3 Å². The molecule has 2 heterocycles. The molecule has 2 aromatic rings. The van der Waals surface area contributed by atoms with Crippen molar-refractivity contribution in [3.8, 4) is 0 Å². The van der Waals surface area contributed by atoms with E-state index in [1.807, 2.05) is 31.2 Å². The molecular weight excluding hydrogens is 344 g/mol. The first kappa shape index (κ1) is 17.1. The van der Waals surface area contributed by atoms with E-state index in [0.29, 0.717) is 13.1 Å². The van der Waals surface area contributed by atoms with Gasteiger partial charge in [-0.15, -0.1) is 11.3 Å². The fraction of sp³-hybridized carbons (Fsp3) is 0.353. The number of hydrogen-bond acceptors (Lipinski definition) is 4. The van der Waals surface area contributed by atoms with Gasteiger partial charge in [-0.3, -0.25) is 4.79 Å². The Balaban J connectivity index is 1.61. The predicted molar refractivity (Wildman–Crippen MR) is 94.4 cm³/mol. The SMILES string of the molecule is CCc1ccc(S(=O)(=O)NCC(=O)N2CCc3ccccc3C2)s1. The fourth-order valence-corrected chi connectivity index (χ4v) is 5.06. The summed E-state index contributed by atoms with van der Waals surface area (Å²) in [5.74, 6) is -0.194. The largest absolute Gasteiger partial charge is 0.337 e. The molecule has 0 bridgehead atoms. The Hall–Kier alpha value is -1.70. The maximum absolute atomic E-state index is 12.3. The van der Waals surface area contributed by atoms with Crippen molar-refractivity contribution in [1.29, 1.82) is 0 Å². The molecule has 24 heavy (non-hydrogen) atoms. The lowest BCUT2D eigenvalue weighted by molar-refractivity contribution is -0.130. The Kier molecular flexibility index (Phi) is 5.03. The second-order valence-corrected chi connectivity index (χ2v) is 8.89. The van der Waals surface area contributed by atoms with Crippen LogP contribution in [0.3, 0.4) is 0 Å². The Labute approximate surface area is 146 Å². The van der Waals surface area contributed by atoms with Gasteiger partial charge in [-0.2, -0.15) is 0 Å². The number of rotatable bonds is 5. The van der Waals surface area contributed by atoms with E-state index in [4.69, 9.17) is 0 Å². The van der Waals surface area contributed by atoms with E-state index in [9.17, 15) is 13.2 Å². The van der Waals surface area contributed by atoms with Gasteiger partial charge in [0.15, 0.2) is 0 Å². The van der Waals surface area contributed by atoms with Crippen LogP contribution in [0.25, 0.3) is 0 Å². The number of carbonyl (C=O) groups is 1. The summed E-state index contributed by atoms with van der Waals surface area (Å²) >= 11 is 1.24. The van der Waals surface area contributed by atoms with Gasteiger partial charge in [-0.1, -0.05) is 31.2 Å². The second kappa shape index (κ2) is 7.04. The van der Waals surface area contributed by atoms with Gasteiger partial charge in [0.05, 0.1) is 6.54 Å². The number of nitrogens with zero attached hydrogens (tertiary/aromatic N) is 1. The minimum atomic E-state index is -3.62. The molecule has 1 amide bonds. The standard InChI is InChI=1S/C17H20N2O3S2/c1-2-15-7-8-17(23-15)24(21,22)18-11-16(20)19-10-9-13-5-3-4-6-14(13)12-19/h3-8,18H,2,9-12H2,1H3. The van der Waals surface area contributed by atoms with Gasteiger partial charge in [0.2, 0.25) is 5.91 Å². The highest BCUT2D eigenvalue weighted by Gasteiger charge is 2.23. The Morgan fingerprint density at radius 2 is 1.96 bits per heavy atom. The summed E-state index contributed by atoms with van der Waals surface area (Å²) in [7, 11) is -3.62. The molecule has 7 heteroatoms. The lowest BCUT2D eigenvalue weighted by atomic mass is 10.00. The van der Waals surface area contributed by atoms with Crippen molar-refractivity contribution in [3.63, 3.8) is 0 Å². The normalized spacial score (nSPS) is 14.5. The maximum Gasteiger partial charge on any atom is 0.250 e. The van der Waals surface area contributed by atoms with Crippen LogP contribution in [0, 0.1) is 0 Å². The van der Waals surface area contributed by atoms with Crippen LogP contribution in [0.4, 0.5) is 0 Å². The molecule has 0 unspecified atom stereocenters. The third-order valence-corrected chi connectivity index (χ3v) is 7.27. The Bertz CT molecular complexity index is 843. The lowest BCUT2D eigenvalue weighted by Crippen LogP contribution is -2.42. The van der Waals surface area contributed by atoms with Crippen LogP contribution in [0.15, 0.2) is 40.6 Å². The van der Waals surface area contributed by atoms with E-state index in [0.717, 1.165) is 23.3 Å². The molecule has 0 radical (unpaired) electrons. The Morgan fingerprint density at radius 1 is 1.21 bits per heavy atom. The van der Waals surface area contributed by atoms with Crippen LogP contribution in [0.2, 0.25) is 0 Å². The van der Waals surface area contributed by atoms with Gasteiger partial charge in [0.1, 0.15) is 4.21 Å². The van der Waals surface area contributed by atoms with E-state index in [1.54, 1.807) is 11.0 Å². The van der Waals surface area contributed by atoms with E-state index in [1.165, 1.54) is 16.9 Å². The number of benzene rings is 1. The van der Waals surface area contributed by atoms with Gasteiger partial charge in [-0.05, 0) is 36.1 Å². The summed E-state index contributed by atoms with van der Waals surface area (Å²) in [6.45, 7) is 2.93. The molecule has 128 valence electrons. The van der Waals surface area contributed by atoms with Crippen LogP contribution >= 0.6 is 11.3 Å². The second-order valence-electron chi connectivity index (χ2n) is 5.73. The number of sulfonamides is 1. The van der Waals surface area contributed by atoms with E-state index >= 15 is 0 Å². The number of hydrogen-bond donors (Lipinski definition) is 1.